The monoisotopic (exact) mass is 338 g/mol. The Kier molecular flexibility index (Phi) is 5.04. The van der Waals surface area contributed by atoms with Gasteiger partial charge in [0.25, 0.3) is 5.78 Å². The molecule has 0 bridgehead atoms. The maximum Gasteiger partial charge on any atom is 0.252 e. The minimum atomic E-state index is -0.249. The summed E-state index contributed by atoms with van der Waals surface area (Å²) >= 11 is 0. The molecule has 2 heterocycles. The molecule has 0 aliphatic heterocycles. The summed E-state index contributed by atoms with van der Waals surface area (Å²) in [6.07, 6.45) is 3.48. The lowest BCUT2D eigenvalue weighted by Gasteiger charge is -2.14. The van der Waals surface area contributed by atoms with E-state index < -0.39 is 0 Å². The van der Waals surface area contributed by atoms with Crippen LogP contribution < -0.4 is 11.1 Å². The number of nitrogens with zero attached hydrogens (tertiary/aromatic N) is 4. The van der Waals surface area contributed by atoms with Crippen LogP contribution >= 0.6 is 0 Å². The van der Waals surface area contributed by atoms with Gasteiger partial charge in [0.2, 0.25) is 5.91 Å². The van der Waals surface area contributed by atoms with Gasteiger partial charge in [0.15, 0.2) is 5.82 Å². The van der Waals surface area contributed by atoms with Crippen molar-refractivity contribution in [1.29, 1.82) is 0 Å². The normalized spacial score (nSPS) is 12.5. The highest BCUT2D eigenvalue weighted by Gasteiger charge is 2.12. The van der Waals surface area contributed by atoms with Crippen LogP contribution in [-0.4, -0.2) is 32.0 Å². The van der Waals surface area contributed by atoms with Gasteiger partial charge in [0.1, 0.15) is 0 Å². The van der Waals surface area contributed by atoms with E-state index in [0.717, 1.165) is 5.56 Å². The molecule has 25 heavy (non-hydrogen) atoms. The Morgan fingerprint density at radius 3 is 2.64 bits per heavy atom. The molecule has 0 spiro atoms. The van der Waals surface area contributed by atoms with Crippen molar-refractivity contribution >= 4 is 11.7 Å². The van der Waals surface area contributed by atoms with Gasteiger partial charge >= 0.3 is 0 Å². The molecule has 130 valence electrons. The molecule has 0 aliphatic carbocycles. The van der Waals surface area contributed by atoms with E-state index >= 15 is 0 Å². The van der Waals surface area contributed by atoms with Gasteiger partial charge in [-0.25, -0.2) is 9.50 Å². The number of hydrogen-bond acceptors (Lipinski definition) is 5. The van der Waals surface area contributed by atoms with E-state index in [9.17, 15) is 4.79 Å². The maximum absolute atomic E-state index is 12.1. The number of nitrogens with one attached hydrogen (secondary N) is 1. The topological polar surface area (TPSA) is 98.2 Å². The van der Waals surface area contributed by atoms with Gasteiger partial charge in [-0.05, 0) is 23.1 Å². The average molecular weight is 338 g/mol. The largest absolute Gasteiger partial charge is 0.354 e. The van der Waals surface area contributed by atoms with Crippen molar-refractivity contribution in [1.82, 2.24) is 24.9 Å². The third kappa shape index (κ3) is 4.19. The van der Waals surface area contributed by atoms with E-state index in [2.05, 4.69) is 46.4 Å². The quantitative estimate of drug-likeness (QED) is 0.711. The van der Waals surface area contributed by atoms with Gasteiger partial charge in [0.05, 0.1) is 6.42 Å². The Labute approximate surface area is 146 Å². The van der Waals surface area contributed by atoms with Gasteiger partial charge in [-0.15, -0.1) is 5.10 Å². The lowest BCUT2D eigenvalue weighted by molar-refractivity contribution is -0.120. The third-order valence-electron chi connectivity index (χ3n) is 4.03. The van der Waals surface area contributed by atoms with E-state index in [0.29, 0.717) is 24.1 Å². The van der Waals surface area contributed by atoms with E-state index in [1.807, 2.05) is 12.1 Å². The Morgan fingerprint density at radius 1 is 1.24 bits per heavy atom. The second-order valence-electron chi connectivity index (χ2n) is 6.30. The number of benzene rings is 1. The average Bonchev–Trinajstić information content (AvgIpc) is 3.01. The highest BCUT2D eigenvalue weighted by molar-refractivity contribution is 5.77. The molecule has 3 N–H and O–H groups in total. The molecule has 7 nitrogen and oxygen atoms in total. The summed E-state index contributed by atoms with van der Waals surface area (Å²) in [5.41, 5.74) is 8.43. The zero-order chi connectivity index (χ0) is 17.8. The number of amides is 1. The molecule has 7 heteroatoms. The fraction of sp³-hybridized carbons (Fsp3) is 0.333. The van der Waals surface area contributed by atoms with Crippen molar-refractivity contribution in [2.75, 3.05) is 6.54 Å². The van der Waals surface area contributed by atoms with Gasteiger partial charge in [0, 0.05) is 25.0 Å². The zero-order valence-electron chi connectivity index (χ0n) is 14.4. The number of fused-ring (bicyclic) bond motifs is 1. The lowest BCUT2D eigenvalue weighted by Crippen LogP contribution is -2.33. The van der Waals surface area contributed by atoms with Gasteiger partial charge in [-0.2, -0.15) is 4.98 Å². The van der Waals surface area contributed by atoms with Crippen molar-refractivity contribution < 1.29 is 4.79 Å². The molecule has 0 saturated heterocycles. The Bertz CT molecular complexity index is 822. The summed E-state index contributed by atoms with van der Waals surface area (Å²) in [5, 5.41) is 7.05. The molecule has 0 radical (unpaired) electrons. The third-order valence-corrected chi connectivity index (χ3v) is 4.03. The van der Waals surface area contributed by atoms with Crippen molar-refractivity contribution in [2.45, 2.75) is 32.2 Å². The maximum atomic E-state index is 12.1. The van der Waals surface area contributed by atoms with Crippen molar-refractivity contribution in [3.63, 3.8) is 0 Å². The van der Waals surface area contributed by atoms with Crippen LogP contribution in [0.2, 0.25) is 0 Å². The molecular weight excluding hydrogens is 316 g/mol. The van der Waals surface area contributed by atoms with E-state index in [1.165, 1.54) is 5.56 Å². The second kappa shape index (κ2) is 7.40. The zero-order valence-corrected chi connectivity index (χ0v) is 14.4. The molecule has 3 rings (SSSR count). The molecule has 2 aromatic heterocycles. The Hall–Kier alpha value is -2.80. The van der Waals surface area contributed by atoms with Crippen LogP contribution in [0.5, 0.6) is 0 Å². The lowest BCUT2D eigenvalue weighted by atomic mass is 9.99. The highest BCUT2D eigenvalue weighted by Crippen LogP contribution is 2.17. The summed E-state index contributed by atoms with van der Waals surface area (Å²) in [6.45, 7) is 4.67. The van der Waals surface area contributed by atoms with E-state index in [-0.39, 0.29) is 18.4 Å². The fourth-order valence-electron chi connectivity index (χ4n) is 2.53. The first kappa shape index (κ1) is 17.0. The molecule has 1 aromatic carbocycles. The molecule has 1 atom stereocenters. The molecule has 0 fully saturated rings. The van der Waals surface area contributed by atoms with Crippen LogP contribution in [-0.2, 0) is 11.2 Å². The number of nitrogens with two attached hydrogens (primary N) is 1. The predicted octanol–water partition coefficient (Wildman–Crippen LogP) is 1.61. The summed E-state index contributed by atoms with van der Waals surface area (Å²) in [6, 6.07) is 9.70. The second-order valence-corrected chi connectivity index (χ2v) is 6.30. The minimum Gasteiger partial charge on any atom is -0.354 e. The smallest absolute Gasteiger partial charge is 0.252 e. The highest BCUT2D eigenvalue weighted by atomic mass is 16.1. The molecule has 3 aromatic rings. The molecule has 0 saturated carbocycles. The number of hydrogen-bond donors (Lipinski definition) is 2. The Morgan fingerprint density at radius 2 is 1.96 bits per heavy atom. The van der Waals surface area contributed by atoms with Crippen LogP contribution in [0.4, 0.5) is 0 Å². The number of rotatable bonds is 6. The van der Waals surface area contributed by atoms with Crippen LogP contribution in [0.3, 0.4) is 0 Å². The fourth-order valence-corrected chi connectivity index (χ4v) is 2.53. The van der Waals surface area contributed by atoms with Crippen LogP contribution in [0.25, 0.3) is 5.78 Å². The van der Waals surface area contributed by atoms with Crippen LogP contribution in [0, 0.1) is 0 Å². The standard InChI is InChI=1S/C18H22N6O/c1-12(2)13-4-6-14(7-5-13)15(19)11-21-17(25)10-16-22-18-20-8-3-9-24(18)23-16/h3-9,12,15H,10-11,19H2,1-2H3,(H,21,25). The van der Waals surface area contributed by atoms with Crippen molar-refractivity contribution in [2.24, 2.45) is 5.73 Å². The summed E-state index contributed by atoms with van der Waals surface area (Å²) in [5.74, 6) is 1.24. The van der Waals surface area contributed by atoms with Crippen molar-refractivity contribution in [3.05, 3.63) is 59.7 Å². The Balaban J connectivity index is 1.54. The summed E-state index contributed by atoms with van der Waals surface area (Å²) in [4.78, 5) is 20.4. The molecule has 1 amide bonds. The predicted molar refractivity (Wildman–Crippen MR) is 95.0 cm³/mol. The van der Waals surface area contributed by atoms with Gasteiger partial charge in [-0.1, -0.05) is 38.1 Å². The van der Waals surface area contributed by atoms with Crippen LogP contribution in [0.15, 0.2) is 42.7 Å². The SMILES string of the molecule is CC(C)c1ccc(C(N)CNC(=O)Cc2nc3ncccn3n2)cc1. The first-order chi connectivity index (χ1) is 12.0. The van der Waals surface area contributed by atoms with E-state index in [1.54, 1.807) is 23.0 Å². The molecule has 0 aliphatic rings. The first-order valence-electron chi connectivity index (χ1n) is 8.31. The first-order valence-corrected chi connectivity index (χ1v) is 8.31. The number of carbonyl (C=O) groups excluding carboxylic acids is 1. The van der Waals surface area contributed by atoms with E-state index in [4.69, 9.17) is 5.73 Å². The van der Waals surface area contributed by atoms with Crippen LogP contribution in [0.1, 0.15) is 42.8 Å². The molecule has 1 unspecified atom stereocenters. The van der Waals surface area contributed by atoms with Crippen molar-refractivity contribution in [3.8, 4) is 0 Å². The van der Waals surface area contributed by atoms with Gasteiger partial charge in [-0.3, -0.25) is 4.79 Å². The summed E-state index contributed by atoms with van der Waals surface area (Å²) in [7, 11) is 0. The van der Waals surface area contributed by atoms with Gasteiger partial charge < -0.3 is 11.1 Å². The number of aromatic nitrogens is 4. The minimum absolute atomic E-state index is 0.0996. The molecular formula is C18H22N6O. The number of carbonyl (C=O) groups is 1. The summed E-state index contributed by atoms with van der Waals surface area (Å²) < 4.78 is 1.55.